The molecule has 0 radical (unpaired) electrons. The van der Waals surface area contributed by atoms with Crippen LogP contribution in [0.25, 0.3) is 0 Å². The number of amides is 1. The van der Waals surface area contributed by atoms with Gasteiger partial charge in [-0.2, -0.15) is 0 Å². The van der Waals surface area contributed by atoms with E-state index in [-0.39, 0.29) is 11.7 Å². The Bertz CT molecular complexity index is 417. The third-order valence-electron chi connectivity index (χ3n) is 2.31. The Balaban J connectivity index is 2.74. The van der Waals surface area contributed by atoms with Crippen LogP contribution >= 0.6 is 22.6 Å². The van der Waals surface area contributed by atoms with Crippen LogP contribution in [0.5, 0.6) is 0 Å². The SMILES string of the molecule is CCC(C(=O)Nc1ccc(I)cc1)C(N)=NO. The molecular formula is C11H14IN3O2. The van der Waals surface area contributed by atoms with Crippen LogP contribution < -0.4 is 11.1 Å². The number of carbonyl (C=O) groups excluding carboxylic acids is 1. The van der Waals surface area contributed by atoms with E-state index in [2.05, 4.69) is 33.1 Å². The zero-order valence-corrected chi connectivity index (χ0v) is 11.5. The fraction of sp³-hybridized carbons (Fsp3) is 0.273. The van der Waals surface area contributed by atoms with Crippen molar-refractivity contribution in [2.75, 3.05) is 5.32 Å². The van der Waals surface area contributed by atoms with E-state index in [9.17, 15) is 4.79 Å². The number of anilines is 1. The Morgan fingerprint density at radius 1 is 1.53 bits per heavy atom. The first-order chi connectivity index (χ1) is 8.08. The van der Waals surface area contributed by atoms with Crippen molar-refractivity contribution in [3.63, 3.8) is 0 Å². The molecule has 6 heteroatoms. The van der Waals surface area contributed by atoms with Gasteiger partial charge in [0.25, 0.3) is 0 Å². The van der Waals surface area contributed by atoms with E-state index >= 15 is 0 Å². The van der Waals surface area contributed by atoms with Gasteiger partial charge in [-0.05, 0) is 53.3 Å². The maximum Gasteiger partial charge on any atom is 0.235 e. The van der Waals surface area contributed by atoms with Crippen molar-refractivity contribution in [2.45, 2.75) is 13.3 Å². The lowest BCUT2D eigenvalue weighted by Crippen LogP contribution is -2.34. The van der Waals surface area contributed by atoms with Crippen LogP contribution in [0.15, 0.2) is 29.4 Å². The van der Waals surface area contributed by atoms with E-state index in [0.717, 1.165) is 3.57 Å². The molecule has 92 valence electrons. The molecule has 0 heterocycles. The van der Waals surface area contributed by atoms with Crippen LogP contribution in [-0.4, -0.2) is 17.0 Å². The topological polar surface area (TPSA) is 87.7 Å². The van der Waals surface area contributed by atoms with E-state index in [1.807, 2.05) is 12.1 Å². The van der Waals surface area contributed by atoms with Crippen LogP contribution in [-0.2, 0) is 4.79 Å². The number of benzene rings is 1. The van der Waals surface area contributed by atoms with E-state index in [0.29, 0.717) is 12.1 Å². The maximum atomic E-state index is 11.8. The lowest BCUT2D eigenvalue weighted by Gasteiger charge is -2.13. The molecule has 0 aromatic heterocycles. The number of nitrogens with two attached hydrogens (primary N) is 1. The van der Waals surface area contributed by atoms with Gasteiger partial charge in [-0.3, -0.25) is 4.79 Å². The van der Waals surface area contributed by atoms with Crippen molar-refractivity contribution >= 4 is 40.0 Å². The second-order valence-electron chi connectivity index (χ2n) is 3.48. The molecule has 0 saturated carbocycles. The van der Waals surface area contributed by atoms with E-state index < -0.39 is 5.92 Å². The normalized spacial score (nSPS) is 13.2. The second-order valence-corrected chi connectivity index (χ2v) is 4.73. The van der Waals surface area contributed by atoms with Gasteiger partial charge in [0, 0.05) is 9.26 Å². The molecule has 4 N–H and O–H groups in total. The molecule has 5 nitrogen and oxygen atoms in total. The highest BCUT2D eigenvalue weighted by Crippen LogP contribution is 2.13. The minimum atomic E-state index is -0.612. The average molecular weight is 347 g/mol. The molecule has 17 heavy (non-hydrogen) atoms. The average Bonchev–Trinajstić information content (AvgIpc) is 2.32. The highest BCUT2D eigenvalue weighted by Gasteiger charge is 2.21. The third kappa shape index (κ3) is 3.88. The molecule has 1 atom stereocenters. The Hall–Kier alpha value is -1.31. The zero-order valence-electron chi connectivity index (χ0n) is 9.35. The summed E-state index contributed by atoms with van der Waals surface area (Å²) in [7, 11) is 0. The van der Waals surface area contributed by atoms with E-state index in [4.69, 9.17) is 10.9 Å². The zero-order chi connectivity index (χ0) is 12.8. The van der Waals surface area contributed by atoms with Crippen LogP contribution in [0, 0.1) is 9.49 Å². The van der Waals surface area contributed by atoms with Gasteiger partial charge in [0.05, 0.1) is 5.92 Å². The summed E-state index contributed by atoms with van der Waals surface area (Å²) in [5.74, 6) is -0.959. The van der Waals surface area contributed by atoms with Gasteiger partial charge in [0.2, 0.25) is 5.91 Å². The quantitative estimate of drug-likeness (QED) is 0.256. The molecule has 0 aliphatic rings. The van der Waals surface area contributed by atoms with Crippen molar-refractivity contribution in [3.8, 4) is 0 Å². The largest absolute Gasteiger partial charge is 0.409 e. The molecular weight excluding hydrogens is 333 g/mol. The molecule has 0 aliphatic carbocycles. The van der Waals surface area contributed by atoms with Gasteiger partial charge >= 0.3 is 0 Å². The standard InChI is InChI=1S/C11H14IN3O2/c1-2-9(10(13)15-17)11(16)14-8-5-3-7(12)4-6-8/h3-6,9,17H,2H2,1H3,(H2,13,15)(H,14,16). The molecule has 0 fully saturated rings. The minimum Gasteiger partial charge on any atom is -0.409 e. The van der Waals surface area contributed by atoms with Crippen molar-refractivity contribution in [2.24, 2.45) is 16.8 Å². The monoisotopic (exact) mass is 347 g/mol. The van der Waals surface area contributed by atoms with Crippen molar-refractivity contribution in [1.82, 2.24) is 0 Å². The Labute approximate surface area is 113 Å². The van der Waals surface area contributed by atoms with Crippen LogP contribution in [0.2, 0.25) is 0 Å². The molecule has 0 aliphatic heterocycles. The maximum absolute atomic E-state index is 11.8. The van der Waals surface area contributed by atoms with Gasteiger partial charge < -0.3 is 16.3 Å². The van der Waals surface area contributed by atoms with E-state index in [1.54, 1.807) is 19.1 Å². The highest BCUT2D eigenvalue weighted by molar-refractivity contribution is 14.1. The first-order valence-corrected chi connectivity index (χ1v) is 6.20. The summed E-state index contributed by atoms with van der Waals surface area (Å²) in [5.41, 5.74) is 6.14. The van der Waals surface area contributed by atoms with Crippen molar-refractivity contribution in [3.05, 3.63) is 27.8 Å². The Morgan fingerprint density at radius 2 is 2.12 bits per heavy atom. The van der Waals surface area contributed by atoms with Gasteiger partial charge in [-0.15, -0.1) is 0 Å². The number of halogens is 1. The van der Waals surface area contributed by atoms with Gasteiger partial charge in [-0.1, -0.05) is 12.1 Å². The lowest BCUT2D eigenvalue weighted by molar-refractivity contribution is -0.118. The number of oxime groups is 1. The predicted octanol–water partition coefficient (Wildman–Crippen LogP) is 2.00. The Kier molecular flexibility index (Phi) is 5.20. The van der Waals surface area contributed by atoms with Crippen LogP contribution in [0.4, 0.5) is 5.69 Å². The van der Waals surface area contributed by atoms with Crippen molar-refractivity contribution in [1.29, 1.82) is 0 Å². The number of hydrogen-bond acceptors (Lipinski definition) is 3. The highest BCUT2D eigenvalue weighted by atomic mass is 127. The van der Waals surface area contributed by atoms with E-state index in [1.165, 1.54) is 0 Å². The molecule has 1 aromatic carbocycles. The predicted molar refractivity (Wildman–Crippen MR) is 75.0 cm³/mol. The van der Waals surface area contributed by atoms with Gasteiger partial charge in [0.1, 0.15) is 0 Å². The van der Waals surface area contributed by atoms with Gasteiger partial charge in [-0.25, -0.2) is 0 Å². The fourth-order valence-corrected chi connectivity index (χ4v) is 1.72. The summed E-state index contributed by atoms with van der Waals surface area (Å²) in [6, 6.07) is 7.39. The Morgan fingerprint density at radius 3 is 2.59 bits per heavy atom. The molecule has 0 bridgehead atoms. The summed E-state index contributed by atoms with van der Waals surface area (Å²) in [6.07, 6.45) is 0.478. The molecule has 1 amide bonds. The summed E-state index contributed by atoms with van der Waals surface area (Å²) in [4.78, 5) is 11.8. The number of hydrogen-bond donors (Lipinski definition) is 3. The summed E-state index contributed by atoms with van der Waals surface area (Å²) in [5, 5.41) is 14.2. The fourth-order valence-electron chi connectivity index (χ4n) is 1.36. The summed E-state index contributed by atoms with van der Waals surface area (Å²) < 4.78 is 1.09. The molecule has 1 rings (SSSR count). The molecule has 1 unspecified atom stereocenters. The number of amidine groups is 1. The van der Waals surface area contributed by atoms with Gasteiger partial charge in [0.15, 0.2) is 5.84 Å². The summed E-state index contributed by atoms with van der Waals surface area (Å²) in [6.45, 7) is 1.80. The molecule has 1 aromatic rings. The number of nitrogens with one attached hydrogen (secondary N) is 1. The van der Waals surface area contributed by atoms with Crippen LogP contribution in [0.3, 0.4) is 0 Å². The summed E-state index contributed by atoms with van der Waals surface area (Å²) >= 11 is 2.18. The first-order valence-electron chi connectivity index (χ1n) is 5.12. The molecule has 0 spiro atoms. The third-order valence-corrected chi connectivity index (χ3v) is 3.03. The van der Waals surface area contributed by atoms with Crippen LogP contribution in [0.1, 0.15) is 13.3 Å². The lowest BCUT2D eigenvalue weighted by atomic mass is 10.0. The number of rotatable bonds is 4. The smallest absolute Gasteiger partial charge is 0.235 e. The second kappa shape index (κ2) is 6.43. The first kappa shape index (κ1) is 13.8. The number of nitrogens with zero attached hydrogens (tertiary/aromatic N) is 1. The minimum absolute atomic E-state index is 0.0736. The van der Waals surface area contributed by atoms with Crippen molar-refractivity contribution < 1.29 is 10.0 Å². The molecule has 0 saturated heterocycles. The number of carbonyl (C=O) groups is 1.